The minimum atomic E-state index is 0.111. The maximum atomic E-state index is 12.3. The molecule has 3 fully saturated rings. The average Bonchev–Trinajstić information content (AvgIpc) is 3.27. The Kier molecular flexibility index (Phi) is 4.45. The lowest BCUT2D eigenvalue weighted by molar-refractivity contribution is -0.138. The van der Waals surface area contributed by atoms with E-state index >= 15 is 0 Å². The van der Waals surface area contributed by atoms with E-state index in [-0.39, 0.29) is 11.3 Å². The standard InChI is InChI=1S/C27H34ClN3O/c1-26-13-11-19-17(6-10-23-27(19,2)14-12-24(32)31(23)4)18(26)7-8-20(26)25-29-21-9-5-16(28)15-22(21)30(25)3/h5,9,12,14-15,17-20,23H,6-8,10-11,13H2,1-4H3/t17-,18-,19-,20+,23+,26-,27+/m0/s1. The number of fused-ring (bicyclic) bond motifs is 6. The summed E-state index contributed by atoms with van der Waals surface area (Å²) in [4.78, 5) is 19.5. The summed E-state index contributed by atoms with van der Waals surface area (Å²) in [5.41, 5.74) is 2.60. The molecule has 2 heterocycles. The summed E-state index contributed by atoms with van der Waals surface area (Å²) >= 11 is 6.29. The quantitative estimate of drug-likeness (QED) is 0.537. The molecular weight excluding hydrogens is 418 g/mol. The Labute approximate surface area is 196 Å². The zero-order chi connectivity index (χ0) is 22.4. The number of benzene rings is 1. The number of amides is 1. The number of carbonyl (C=O) groups excluding carboxylic acids is 1. The SMILES string of the molecule is CN1C(=O)C=C[C@]2(C)[C@H]3CC[C@]4(C)[C@@H](c5nc6ccc(Cl)cc6n5C)CC[C@H]4[C@@H]3CC[C@@H]12. The van der Waals surface area contributed by atoms with Crippen molar-refractivity contribution in [2.24, 2.45) is 35.6 Å². The van der Waals surface area contributed by atoms with Crippen LogP contribution in [0.3, 0.4) is 0 Å². The molecule has 7 atom stereocenters. The minimum Gasteiger partial charge on any atom is -0.338 e. The Morgan fingerprint density at radius 1 is 1.06 bits per heavy atom. The number of rotatable bonds is 1. The van der Waals surface area contributed by atoms with Crippen molar-refractivity contribution in [3.05, 3.63) is 41.2 Å². The van der Waals surface area contributed by atoms with E-state index in [9.17, 15) is 4.79 Å². The van der Waals surface area contributed by atoms with Crippen LogP contribution in [-0.2, 0) is 11.8 Å². The molecule has 0 bridgehead atoms. The van der Waals surface area contributed by atoms with Gasteiger partial charge in [-0.15, -0.1) is 0 Å². The topological polar surface area (TPSA) is 38.1 Å². The molecule has 5 heteroatoms. The predicted molar refractivity (Wildman–Crippen MR) is 129 cm³/mol. The molecule has 1 amide bonds. The fraction of sp³-hybridized carbons (Fsp3) is 0.630. The van der Waals surface area contributed by atoms with E-state index in [1.165, 1.54) is 37.9 Å². The minimum absolute atomic E-state index is 0.111. The molecule has 3 saturated carbocycles. The normalized spacial score (nSPS) is 41.0. The van der Waals surface area contributed by atoms with Gasteiger partial charge in [0.2, 0.25) is 5.91 Å². The van der Waals surface area contributed by atoms with Crippen LogP contribution >= 0.6 is 11.6 Å². The largest absolute Gasteiger partial charge is 0.338 e. The monoisotopic (exact) mass is 451 g/mol. The number of imidazole rings is 1. The van der Waals surface area contributed by atoms with Crippen molar-refractivity contribution in [2.75, 3.05) is 7.05 Å². The third kappa shape index (κ3) is 2.62. The Bertz CT molecular complexity index is 1140. The van der Waals surface area contributed by atoms with Crippen molar-refractivity contribution < 1.29 is 4.79 Å². The van der Waals surface area contributed by atoms with E-state index in [0.717, 1.165) is 34.3 Å². The summed E-state index contributed by atoms with van der Waals surface area (Å²) in [5.74, 6) is 4.08. The van der Waals surface area contributed by atoms with Crippen LogP contribution in [-0.4, -0.2) is 33.4 Å². The molecule has 0 unspecified atom stereocenters. The van der Waals surface area contributed by atoms with Gasteiger partial charge in [0.15, 0.2) is 0 Å². The summed E-state index contributed by atoms with van der Waals surface area (Å²) in [6.45, 7) is 4.98. The number of halogens is 1. The zero-order valence-corrected chi connectivity index (χ0v) is 20.4. The van der Waals surface area contributed by atoms with E-state index in [4.69, 9.17) is 16.6 Å². The molecule has 4 aliphatic rings. The van der Waals surface area contributed by atoms with Gasteiger partial charge in [-0.1, -0.05) is 31.5 Å². The molecule has 0 N–H and O–H groups in total. The summed E-state index contributed by atoms with van der Waals surface area (Å²) < 4.78 is 2.30. The lowest BCUT2D eigenvalue weighted by Gasteiger charge is -2.60. The second-order valence-corrected chi connectivity index (χ2v) is 11.9. The molecule has 0 radical (unpaired) electrons. The van der Waals surface area contributed by atoms with Crippen molar-refractivity contribution >= 4 is 28.5 Å². The van der Waals surface area contributed by atoms with Crippen molar-refractivity contribution in [2.45, 2.75) is 64.3 Å². The first-order valence-corrected chi connectivity index (χ1v) is 12.7. The lowest BCUT2D eigenvalue weighted by atomic mass is 9.47. The van der Waals surface area contributed by atoms with Gasteiger partial charge >= 0.3 is 0 Å². The van der Waals surface area contributed by atoms with Crippen LogP contribution in [0.25, 0.3) is 11.0 Å². The number of likely N-dealkylation sites (N-methyl/N-ethyl adjacent to an activating group) is 1. The second kappa shape index (κ2) is 6.85. The van der Waals surface area contributed by atoms with E-state index < -0.39 is 0 Å². The van der Waals surface area contributed by atoms with Crippen molar-refractivity contribution in [1.82, 2.24) is 14.5 Å². The van der Waals surface area contributed by atoms with Crippen LogP contribution in [0.2, 0.25) is 5.02 Å². The highest BCUT2D eigenvalue weighted by molar-refractivity contribution is 6.31. The zero-order valence-electron chi connectivity index (χ0n) is 19.6. The first-order valence-electron chi connectivity index (χ1n) is 12.3. The number of aryl methyl sites for hydroxylation is 1. The third-order valence-corrected chi connectivity index (χ3v) is 10.6. The summed E-state index contributed by atoms with van der Waals surface area (Å²) in [5, 5.41) is 0.775. The van der Waals surface area contributed by atoms with Crippen LogP contribution in [0.4, 0.5) is 0 Å². The highest BCUT2D eigenvalue weighted by Gasteiger charge is 2.61. The lowest BCUT2D eigenvalue weighted by Crippen LogP contribution is -2.59. The van der Waals surface area contributed by atoms with Gasteiger partial charge < -0.3 is 9.47 Å². The summed E-state index contributed by atoms with van der Waals surface area (Å²) in [6.07, 6.45) is 11.5. The summed E-state index contributed by atoms with van der Waals surface area (Å²) in [7, 11) is 4.17. The first kappa shape index (κ1) is 20.8. The van der Waals surface area contributed by atoms with Crippen molar-refractivity contribution in [1.29, 1.82) is 0 Å². The van der Waals surface area contributed by atoms with Gasteiger partial charge in [0.05, 0.1) is 11.0 Å². The highest BCUT2D eigenvalue weighted by Crippen LogP contribution is 2.67. The third-order valence-electron chi connectivity index (χ3n) is 10.3. The van der Waals surface area contributed by atoms with Gasteiger partial charge in [0.1, 0.15) is 5.82 Å². The van der Waals surface area contributed by atoms with E-state index in [2.05, 4.69) is 37.6 Å². The van der Waals surface area contributed by atoms with E-state index in [1.54, 1.807) is 0 Å². The van der Waals surface area contributed by atoms with Crippen molar-refractivity contribution in [3.8, 4) is 0 Å². The Hall–Kier alpha value is -1.81. The van der Waals surface area contributed by atoms with E-state index in [1.807, 2.05) is 30.2 Å². The molecular formula is C27H34ClN3O. The first-order chi connectivity index (χ1) is 15.2. The van der Waals surface area contributed by atoms with Crippen LogP contribution in [0, 0.1) is 28.6 Å². The van der Waals surface area contributed by atoms with Gasteiger partial charge in [-0.25, -0.2) is 4.98 Å². The highest BCUT2D eigenvalue weighted by atomic mass is 35.5. The molecule has 2 aromatic rings. The molecule has 1 aliphatic heterocycles. The Balaban J connectivity index is 1.35. The molecule has 170 valence electrons. The summed E-state index contributed by atoms with van der Waals surface area (Å²) in [6, 6.07) is 6.41. The number of hydrogen-bond acceptors (Lipinski definition) is 2. The number of carbonyl (C=O) groups is 1. The van der Waals surface area contributed by atoms with Crippen molar-refractivity contribution in [3.63, 3.8) is 0 Å². The number of aromatic nitrogens is 2. The maximum absolute atomic E-state index is 12.3. The van der Waals surface area contributed by atoms with Crippen LogP contribution < -0.4 is 0 Å². The molecule has 32 heavy (non-hydrogen) atoms. The van der Waals surface area contributed by atoms with Gasteiger partial charge in [0.25, 0.3) is 0 Å². The molecule has 4 nitrogen and oxygen atoms in total. The van der Waals surface area contributed by atoms with E-state index in [0.29, 0.717) is 23.3 Å². The molecule has 0 spiro atoms. The fourth-order valence-electron chi connectivity index (χ4n) is 8.66. The van der Waals surface area contributed by atoms with Gasteiger partial charge in [0, 0.05) is 36.5 Å². The molecule has 1 aromatic heterocycles. The van der Waals surface area contributed by atoms with Crippen LogP contribution in [0.15, 0.2) is 30.4 Å². The number of nitrogens with zero attached hydrogens (tertiary/aromatic N) is 3. The molecule has 6 rings (SSSR count). The molecule has 3 aliphatic carbocycles. The molecule has 0 saturated heterocycles. The number of hydrogen-bond donors (Lipinski definition) is 0. The van der Waals surface area contributed by atoms with Crippen LogP contribution in [0.5, 0.6) is 0 Å². The Morgan fingerprint density at radius 3 is 2.69 bits per heavy atom. The smallest absolute Gasteiger partial charge is 0.246 e. The van der Waals surface area contributed by atoms with Crippen LogP contribution in [0.1, 0.15) is 64.1 Å². The average molecular weight is 452 g/mol. The second-order valence-electron chi connectivity index (χ2n) is 11.5. The maximum Gasteiger partial charge on any atom is 0.246 e. The Morgan fingerprint density at radius 2 is 1.88 bits per heavy atom. The van der Waals surface area contributed by atoms with Gasteiger partial charge in [-0.05, 0) is 86.0 Å². The fourth-order valence-corrected chi connectivity index (χ4v) is 8.82. The van der Waals surface area contributed by atoms with Gasteiger partial charge in [-0.3, -0.25) is 4.79 Å². The van der Waals surface area contributed by atoms with Gasteiger partial charge in [-0.2, -0.15) is 0 Å². The predicted octanol–water partition coefficient (Wildman–Crippen LogP) is 5.95. The molecule has 1 aromatic carbocycles.